The second kappa shape index (κ2) is 18.1. The minimum Gasteiger partial charge on any atom is -0.497 e. The fourth-order valence-electron chi connectivity index (χ4n) is 3.95. The number of esters is 1. The van der Waals surface area contributed by atoms with Crippen molar-refractivity contribution >= 4 is 12.1 Å². The number of ether oxygens (including phenoxy) is 6. The first-order valence-electron chi connectivity index (χ1n) is 13.9. The first-order valence-corrected chi connectivity index (χ1v) is 13.9. The summed E-state index contributed by atoms with van der Waals surface area (Å²) in [5.41, 5.74) is 0.359. The third-order valence-electron chi connectivity index (χ3n) is 6.11. The highest BCUT2D eigenvalue weighted by Gasteiger charge is 2.30. The van der Waals surface area contributed by atoms with Gasteiger partial charge in [-0.1, -0.05) is 39.3 Å². The Morgan fingerprint density at radius 2 is 1.62 bits per heavy atom. The van der Waals surface area contributed by atoms with Gasteiger partial charge >= 0.3 is 12.1 Å². The van der Waals surface area contributed by atoms with Crippen LogP contribution in [0.3, 0.4) is 0 Å². The third-order valence-corrected chi connectivity index (χ3v) is 6.11. The Bertz CT molecular complexity index is 821. The lowest BCUT2D eigenvalue weighted by atomic mass is 9.89. The Morgan fingerprint density at radius 3 is 2.15 bits per heavy atom. The third kappa shape index (κ3) is 14.6. The molecule has 0 spiro atoms. The number of alkyl carbamates (subject to hydrolysis) is 1. The standard InChI is InChI=1S/C30H51NO8/c1-10-17-37-27(20-36-19-26(28(32)35-9)31-29(33)39-30(5,6)7)25(16-11-21(2)3)22(4)38-18-23-12-14-24(34-8)15-13-23/h12-15,21-22,25-27H,10-11,16-20H2,1-9H3,(H,31,33)/t22-,25-,26-,27-/m0/s1. The van der Waals surface area contributed by atoms with Gasteiger partial charge in [-0.25, -0.2) is 9.59 Å². The topological polar surface area (TPSA) is 102 Å². The second-order valence-electron chi connectivity index (χ2n) is 11.2. The van der Waals surface area contributed by atoms with Gasteiger partial charge in [-0.3, -0.25) is 0 Å². The lowest BCUT2D eigenvalue weighted by Crippen LogP contribution is -2.47. The van der Waals surface area contributed by atoms with E-state index in [1.54, 1.807) is 27.9 Å². The molecule has 1 aromatic carbocycles. The average molecular weight is 554 g/mol. The SMILES string of the molecule is CCCO[C@@H](COC[C@H](NC(=O)OC(C)(C)C)C(=O)OC)[C@@H](CCC(C)C)[C@H](C)OCc1ccc(OC)cc1. The van der Waals surface area contributed by atoms with Gasteiger partial charge in [0.15, 0.2) is 6.04 Å². The van der Waals surface area contributed by atoms with E-state index >= 15 is 0 Å². The first kappa shape index (κ1) is 34.7. The van der Waals surface area contributed by atoms with Gasteiger partial charge < -0.3 is 33.7 Å². The van der Waals surface area contributed by atoms with Crippen LogP contribution < -0.4 is 10.1 Å². The van der Waals surface area contributed by atoms with Crippen LogP contribution in [-0.2, 0) is 35.1 Å². The van der Waals surface area contributed by atoms with Gasteiger partial charge in [0.25, 0.3) is 0 Å². The summed E-state index contributed by atoms with van der Waals surface area (Å²) in [4.78, 5) is 24.6. The highest BCUT2D eigenvalue weighted by molar-refractivity contribution is 5.81. The smallest absolute Gasteiger partial charge is 0.408 e. The monoisotopic (exact) mass is 553 g/mol. The van der Waals surface area contributed by atoms with Gasteiger partial charge in [0, 0.05) is 12.5 Å². The van der Waals surface area contributed by atoms with Crippen LogP contribution in [0, 0.1) is 11.8 Å². The quantitative estimate of drug-likeness (QED) is 0.237. The van der Waals surface area contributed by atoms with E-state index in [0.29, 0.717) is 19.1 Å². The molecular formula is C30H51NO8. The van der Waals surface area contributed by atoms with Crippen molar-refractivity contribution in [3.8, 4) is 5.75 Å². The molecule has 9 nitrogen and oxygen atoms in total. The van der Waals surface area contributed by atoms with Gasteiger partial charge in [0.1, 0.15) is 11.4 Å². The number of hydrogen-bond donors (Lipinski definition) is 1. The number of carbonyl (C=O) groups is 2. The molecule has 0 saturated carbocycles. The number of nitrogens with one attached hydrogen (secondary N) is 1. The molecular weight excluding hydrogens is 502 g/mol. The van der Waals surface area contributed by atoms with E-state index in [0.717, 1.165) is 30.6 Å². The molecule has 0 aromatic heterocycles. The van der Waals surface area contributed by atoms with Gasteiger partial charge in [0.2, 0.25) is 0 Å². The molecule has 1 N–H and O–H groups in total. The highest BCUT2D eigenvalue weighted by atomic mass is 16.6. The molecule has 0 aliphatic rings. The zero-order valence-electron chi connectivity index (χ0n) is 25.4. The number of methoxy groups -OCH3 is 2. The first-order chi connectivity index (χ1) is 18.4. The van der Waals surface area contributed by atoms with Crippen LogP contribution in [-0.4, -0.2) is 70.0 Å². The van der Waals surface area contributed by atoms with Crippen molar-refractivity contribution < 1.29 is 38.0 Å². The summed E-state index contributed by atoms with van der Waals surface area (Å²) in [6, 6.07) is 6.82. The van der Waals surface area contributed by atoms with E-state index < -0.39 is 23.7 Å². The molecule has 0 heterocycles. The van der Waals surface area contributed by atoms with E-state index in [9.17, 15) is 9.59 Å². The van der Waals surface area contributed by atoms with Crippen molar-refractivity contribution in [3.63, 3.8) is 0 Å². The van der Waals surface area contributed by atoms with Gasteiger partial charge in [-0.05, 0) is 64.2 Å². The van der Waals surface area contributed by atoms with Crippen LogP contribution in [0.1, 0.15) is 73.3 Å². The molecule has 0 aliphatic carbocycles. The lowest BCUT2D eigenvalue weighted by molar-refractivity contribution is -0.146. The van der Waals surface area contributed by atoms with E-state index in [4.69, 9.17) is 28.4 Å². The van der Waals surface area contributed by atoms with Gasteiger partial charge in [-0.15, -0.1) is 0 Å². The van der Waals surface area contributed by atoms with E-state index in [1.807, 2.05) is 24.3 Å². The van der Waals surface area contributed by atoms with Crippen molar-refractivity contribution in [2.45, 2.75) is 98.2 Å². The van der Waals surface area contributed by atoms with E-state index in [2.05, 4.69) is 33.0 Å². The Balaban J connectivity index is 2.92. The van der Waals surface area contributed by atoms with E-state index in [-0.39, 0.29) is 31.3 Å². The van der Waals surface area contributed by atoms with Crippen molar-refractivity contribution in [1.82, 2.24) is 5.32 Å². The predicted molar refractivity (Wildman–Crippen MR) is 151 cm³/mol. The molecule has 1 rings (SSSR count). The predicted octanol–water partition coefficient (Wildman–Crippen LogP) is 5.53. The zero-order chi connectivity index (χ0) is 29.4. The van der Waals surface area contributed by atoms with Crippen LogP contribution in [0.4, 0.5) is 4.79 Å². The average Bonchev–Trinajstić information content (AvgIpc) is 2.88. The van der Waals surface area contributed by atoms with Crippen molar-refractivity contribution in [3.05, 3.63) is 29.8 Å². The summed E-state index contributed by atoms with van der Waals surface area (Å²) in [6.07, 6.45) is 1.70. The molecule has 0 fully saturated rings. The number of hydrogen-bond acceptors (Lipinski definition) is 8. The largest absolute Gasteiger partial charge is 0.497 e. The molecule has 224 valence electrons. The summed E-state index contributed by atoms with van der Waals surface area (Å²) in [5, 5.41) is 2.54. The lowest BCUT2D eigenvalue weighted by Gasteiger charge is -2.33. The van der Waals surface area contributed by atoms with Crippen molar-refractivity contribution in [1.29, 1.82) is 0 Å². The maximum atomic E-state index is 12.3. The van der Waals surface area contributed by atoms with Gasteiger partial charge in [-0.2, -0.15) is 0 Å². The molecule has 1 aromatic rings. The summed E-state index contributed by atoms with van der Waals surface area (Å²) in [6.45, 7) is 15.0. The molecule has 1 amide bonds. The summed E-state index contributed by atoms with van der Waals surface area (Å²) >= 11 is 0. The Morgan fingerprint density at radius 1 is 0.949 bits per heavy atom. The molecule has 9 heteroatoms. The molecule has 4 atom stereocenters. The molecule has 0 radical (unpaired) electrons. The number of benzene rings is 1. The van der Waals surface area contributed by atoms with Crippen LogP contribution >= 0.6 is 0 Å². The Kier molecular flexibility index (Phi) is 16.1. The molecule has 39 heavy (non-hydrogen) atoms. The fraction of sp³-hybridized carbons (Fsp3) is 0.733. The maximum absolute atomic E-state index is 12.3. The minimum atomic E-state index is -1.01. The molecule has 0 saturated heterocycles. The van der Waals surface area contributed by atoms with Crippen molar-refractivity contribution in [2.24, 2.45) is 11.8 Å². The van der Waals surface area contributed by atoms with Gasteiger partial charge in [0.05, 0.1) is 46.2 Å². The zero-order valence-corrected chi connectivity index (χ0v) is 25.4. The number of rotatable bonds is 18. The number of amides is 1. The van der Waals surface area contributed by atoms with Crippen LogP contribution in [0.2, 0.25) is 0 Å². The fourth-order valence-corrected chi connectivity index (χ4v) is 3.95. The summed E-state index contributed by atoms with van der Waals surface area (Å²) < 4.78 is 33.9. The van der Waals surface area contributed by atoms with Crippen LogP contribution in [0.5, 0.6) is 5.75 Å². The molecule has 0 aliphatic heterocycles. The second-order valence-corrected chi connectivity index (χ2v) is 11.2. The maximum Gasteiger partial charge on any atom is 0.408 e. The number of carbonyl (C=O) groups excluding carboxylic acids is 2. The Hall–Kier alpha value is -2.36. The van der Waals surface area contributed by atoms with Crippen LogP contribution in [0.25, 0.3) is 0 Å². The molecule has 0 unspecified atom stereocenters. The van der Waals surface area contributed by atoms with Crippen molar-refractivity contribution in [2.75, 3.05) is 34.0 Å². The van der Waals surface area contributed by atoms with E-state index in [1.165, 1.54) is 7.11 Å². The minimum absolute atomic E-state index is 0.0626. The summed E-state index contributed by atoms with van der Waals surface area (Å²) in [7, 11) is 2.91. The highest BCUT2D eigenvalue weighted by Crippen LogP contribution is 2.25. The normalized spacial score (nSPS) is 14.8. The summed E-state index contributed by atoms with van der Waals surface area (Å²) in [5.74, 6) is 0.779. The molecule has 0 bridgehead atoms. The Labute approximate surface area is 235 Å². The van der Waals surface area contributed by atoms with Crippen LogP contribution in [0.15, 0.2) is 24.3 Å².